The Morgan fingerprint density at radius 2 is 2.10 bits per heavy atom. The van der Waals surface area contributed by atoms with E-state index in [0.717, 1.165) is 31.4 Å². The molecule has 1 aromatic rings. The lowest BCUT2D eigenvalue weighted by molar-refractivity contribution is 0.0908. The summed E-state index contributed by atoms with van der Waals surface area (Å²) in [5.74, 6) is 1.13. The highest BCUT2D eigenvalue weighted by atomic mass is 35.5. The van der Waals surface area contributed by atoms with Gasteiger partial charge in [0.25, 0.3) is 5.91 Å². The van der Waals surface area contributed by atoms with Crippen LogP contribution in [0.2, 0.25) is 0 Å². The summed E-state index contributed by atoms with van der Waals surface area (Å²) in [4.78, 5) is 12.4. The van der Waals surface area contributed by atoms with Gasteiger partial charge in [0.1, 0.15) is 5.75 Å². The Morgan fingerprint density at radius 1 is 1.40 bits per heavy atom. The van der Waals surface area contributed by atoms with E-state index in [1.165, 1.54) is 0 Å². The molecule has 110 valence electrons. The molecule has 1 fully saturated rings. The summed E-state index contributed by atoms with van der Waals surface area (Å²) < 4.78 is 5.62. The van der Waals surface area contributed by atoms with Crippen LogP contribution in [0.5, 0.6) is 5.75 Å². The van der Waals surface area contributed by atoms with Crippen LogP contribution in [0.25, 0.3) is 0 Å². The van der Waals surface area contributed by atoms with Gasteiger partial charge in [0.05, 0.1) is 11.6 Å². The van der Waals surface area contributed by atoms with Crippen molar-refractivity contribution in [3.05, 3.63) is 29.8 Å². The average molecular weight is 296 g/mol. The van der Waals surface area contributed by atoms with E-state index in [1.54, 1.807) is 12.1 Å². The normalized spacial score (nSPS) is 17.2. The van der Waals surface area contributed by atoms with Crippen LogP contribution in [0.3, 0.4) is 0 Å². The van der Waals surface area contributed by atoms with E-state index in [0.29, 0.717) is 11.4 Å². The molecule has 0 radical (unpaired) electrons. The molecule has 0 aromatic heterocycles. The van der Waals surface area contributed by atoms with Crippen molar-refractivity contribution in [2.24, 2.45) is 0 Å². The maximum atomic E-state index is 12.4. The van der Waals surface area contributed by atoms with E-state index in [1.807, 2.05) is 26.0 Å². The van der Waals surface area contributed by atoms with Crippen molar-refractivity contribution in [2.75, 3.05) is 5.88 Å². The first kappa shape index (κ1) is 15.2. The SMILES string of the molecule is CC(C)Oc1cccc(C(=O)NC2(CCl)CCCC2)c1. The second-order valence-corrected chi connectivity index (χ2v) is 6.04. The molecule has 1 N–H and O–H groups in total. The molecule has 0 atom stereocenters. The summed E-state index contributed by atoms with van der Waals surface area (Å²) in [5.41, 5.74) is 0.396. The van der Waals surface area contributed by atoms with Crippen LogP contribution in [-0.2, 0) is 0 Å². The number of alkyl halides is 1. The Morgan fingerprint density at radius 3 is 2.70 bits per heavy atom. The zero-order valence-electron chi connectivity index (χ0n) is 12.1. The Bertz CT molecular complexity index is 467. The first-order valence-corrected chi connectivity index (χ1v) is 7.73. The van der Waals surface area contributed by atoms with Crippen molar-refractivity contribution in [3.8, 4) is 5.75 Å². The third kappa shape index (κ3) is 3.66. The zero-order chi connectivity index (χ0) is 14.6. The van der Waals surface area contributed by atoms with E-state index in [-0.39, 0.29) is 17.6 Å². The number of hydrogen-bond acceptors (Lipinski definition) is 2. The van der Waals surface area contributed by atoms with Gasteiger partial charge < -0.3 is 10.1 Å². The lowest BCUT2D eigenvalue weighted by Gasteiger charge is -2.28. The van der Waals surface area contributed by atoms with E-state index >= 15 is 0 Å². The number of benzene rings is 1. The van der Waals surface area contributed by atoms with Gasteiger partial charge in [-0.3, -0.25) is 4.79 Å². The molecule has 0 bridgehead atoms. The van der Waals surface area contributed by atoms with Crippen LogP contribution < -0.4 is 10.1 Å². The summed E-state index contributed by atoms with van der Waals surface area (Å²) in [6, 6.07) is 7.30. The fraction of sp³-hybridized carbons (Fsp3) is 0.562. The van der Waals surface area contributed by atoms with Crippen LogP contribution in [0, 0.1) is 0 Å². The van der Waals surface area contributed by atoms with Crippen LogP contribution >= 0.6 is 11.6 Å². The van der Waals surface area contributed by atoms with Gasteiger partial charge in [-0.2, -0.15) is 0 Å². The number of halogens is 1. The standard InChI is InChI=1S/C16H22ClNO2/c1-12(2)20-14-7-5-6-13(10-14)15(19)18-16(11-17)8-3-4-9-16/h5-7,10,12H,3-4,8-9,11H2,1-2H3,(H,18,19). The van der Waals surface area contributed by atoms with Gasteiger partial charge >= 0.3 is 0 Å². The second kappa shape index (κ2) is 6.49. The van der Waals surface area contributed by atoms with Gasteiger partial charge in [-0.15, -0.1) is 11.6 Å². The fourth-order valence-corrected chi connectivity index (χ4v) is 2.97. The first-order chi connectivity index (χ1) is 9.54. The number of amides is 1. The number of nitrogens with one attached hydrogen (secondary N) is 1. The topological polar surface area (TPSA) is 38.3 Å². The monoisotopic (exact) mass is 295 g/mol. The van der Waals surface area contributed by atoms with Crippen molar-refractivity contribution in [3.63, 3.8) is 0 Å². The van der Waals surface area contributed by atoms with Gasteiger partial charge in [0.2, 0.25) is 0 Å². The van der Waals surface area contributed by atoms with Gasteiger partial charge in [-0.1, -0.05) is 18.9 Å². The molecular formula is C16H22ClNO2. The molecule has 1 saturated carbocycles. The van der Waals surface area contributed by atoms with Gasteiger partial charge in [-0.25, -0.2) is 0 Å². The molecule has 1 aromatic carbocycles. The van der Waals surface area contributed by atoms with Crippen molar-refractivity contribution in [1.82, 2.24) is 5.32 Å². The molecule has 4 heteroatoms. The van der Waals surface area contributed by atoms with Gasteiger partial charge in [0, 0.05) is 11.4 Å². The molecule has 20 heavy (non-hydrogen) atoms. The summed E-state index contributed by atoms with van der Waals surface area (Å²) in [5, 5.41) is 3.11. The highest BCUT2D eigenvalue weighted by Crippen LogP contribution is 2.31. The zero-order valence-corrected chi connectivity index (χ0v) is 12.9. The number of carbonyl (C=O) groups is 1. The number of carbonyl (C=O) groups excluding carboxylic acids is 1. The molecule has 3 nitrogen and oxygen atoms in total. The second-order valence-electron chi connectivity index (χ2n) is 5.77. The molecule has 0 spiro atoms. The third-order valence-corrected chi connectivity index (χ3v) is 4.17. The number of ether oxygens (including phenoxy) is 1. The van der Waals surface area contributed by atoms with E-state index in [4.69, 9.17) is 16.3 Å². The maximum absolute atomic E-state index is 12.4. The molecular weight excluding hydrogens is 274 g/mol. The largest absolute Gasteiger partial charge is 0.491 e. The maximum Gasteiger partial charge on any atom is 0.251 e. The molecule has 2 rings (SSSR count). The van der Waals surface area contributed by atoms with Crippen LogP contribution in [-0.4, -0.2) is 23.4 Å². The van der Waals surface area contributed by atoms with Crippen molar-refractivity contribution in [1.29, 1.82) is 0 Å². The van der Waals surface area contributed by atoms with Crippen molar-refractivity contribution in [2.45, 2.75) is 51.2 Å². The van der Waals surface area contributed by atoms with Gasteiger partial charge in [0.15, 0.2) is 0 Å². The smallest absolute Gasteiger partial charge is 0.251 e. The Labute approximate surface area is 125 Å². The molecule has 0 unspecified atom stereocenters. The van der Waals surface area contributed by atoms with E-state index in [9.17, 15) is 4.79 Å². The molecule has 0 heterocycles. The average Bonchev–Trinajstić information content (AvgIpc) is 2.87. The van der Waals surface area contributed by atoms with Crippen molar-refractivity contribution >= 4 is 17.5 Å². The van der Waals surface area contributed by atoms with Crippen LogP contribution in [0.1, 0.15) is 49.9 Å². The minimum atomic E-state index is -0.229. The Hall–Kier alpha value is -1.22. The van der Waals surface area contributed by atoms with E-state index < -0.39 is 0 Å². The van der Waals surface area contributed by atoms with E-state index in [2.05, 4.69) is 5.32 Å². The fourth-order valence-electron chi connectivity index (χ4n) is 2.64. The minimum absolute atomic E-state index is 0.0678. The lowest BCUT2D eigenvalue weighted by Crippen LogP contribution is -2.47. The number of rotatable bonds is 5. The molecule has 0 saturated heterocycles. The summed E-state index contributed by atoms with van der Waals surface area (Å²) in [6.07, 6.45) is 4.28. The van der Waals surface area contributed by atoms with Crippen molar-refractivity contribution < 1.29 is 9.53 Å². The molecule has 1 aliphatic rings. The lowest BCUT2D eigenvalue weighted by atomic mass is 9.99. The highest BCUT2D eigenvalue weighted by molar-refractivity contribution is 6.19. The summed E-state index contributed by atoms with van der Waals surface area (Å²) in [6.45, 7) is 3.93. The van der Waals surface area contributed by atoms with Gasteiger partial charge in [-0.05, 0) is 44.9 Å². The number of hydrogen-bond donors (Lipinski definition) is 1. The minimum Gasteiger partial charge on any atom is -0.491 e. The van der Waals surface area contributed by atoms with Crippen LogP contribution in [0.4, 0.5) is 0 Å². The predicted molar refractivity (Wildman–Crippen MR) is 81.6 cm³/mol. The predicted octanol–water partition coefficient (Wildman–Crippen LogP) is 3.76. The summed E-state index contributed by atoms with van der Waals surface area (Å²) >= 11 is 6.06. The quantitative estimate of drug-likeness (QED) is 0.840. The Balaban J connectivity index is 2.08. The highest BCUT2D eigenvalue weighted by Gasteiger charge is 2.34. The molecule has 0 aliphatic heterocycles. The third-order valence-electron chi connectivity index (χ3n) is 3.66. The molecule has 1 amide bonds. The Kier molecular flexibility index (Phi) is 4.92. The van der Waals surface area contributed by atoms with Crippen LogP contribution in [0.15, 0.2) is 24.3 Å². The first-order valence-electron chi connectivity index (χ1n) is 7.20. The summed E-state index contributed by atoms with van der Waals surface area (Å²) in [7, 11) is 0. The molecule has 1 aliphatic carbocycles.